The van der Waals surface area contributed by atoms with E-state index >= 15 is 0 Å². The van der Waals surface area contributed by atoms with Gasteiger partial charge in [0.25, 0.3) is 0 Å². The lowest BCUT2D eigenvalue weighted by Crippen LogP contribution is -2.04. The molecule has 3 heteroatoms. The molecular formula is C14H24N2O. The van der Waals surface area contributed by atoms with Gasteiger partial charge in [-0.2, -0.15) is 0 Å². The largest absolute Gasteiger partial charge is 0.398 e. The number of nitrogen functional groups attached to an aromatic ring is 1. The second-order valence-electron chi connectivity index (χ2n) is 4.54. The van der Waals surface area contributed by atoms with Crippen LogP contribution in [-0.4, -0.2) is 11.6 Å². The summed E-state index contributed by atoms with van der Waals surface area (Å²) in [4.78, 5) is 4.37. The molecule has 0 aliphatic rings. The molecule has 0 radical (unpaired) electrons. The molecule has 0 fully saturated rings. The van der Waals surface area contributed by atoms with Gasteiger partial charge in [0.15, 0.2) is 0 Å². The smallest absolute Gasteiger partial charge is 0.0891 e. The Labute approximate surface area is 104 Å². The predicted molar refractivity (Wildman–Crippen MR) is 71.9 cm³/mol. The first kappa shape index (κ1) is 14.0. The fraction of sp³-hybridized carbons (Fsp3) is 0.643. The van der Waals surface area contributed by atoms with Crippen molar-refractivity contribution in [3.8, 4) is 0 Å². The number of anilines is 1. The molecule has 0 aliphatic carbocycles. The summed E-state index contributed by atoms with van der Waals surface area (Å²) in [6.45, 7) is 7.58. The van der Waals surface area contributed by atoms with Crippen molar-refractivity contribution < 1.29 is 4.74 Å². The molecule has 0 aliphatic heterocycles. The number of rotatable bonds is 7. The molecule has 1 rings (SSSR count). The van der Waals surface area contributed by atoms with Gasteiger partial charge in [0.2, 0.25) is 0 Å². The van der Waals surface area contributed by atoms with E-state index in [0.29, 0.717) is 6.61 Å². The van der Waals surface area contributed by atoms with Crippen molar-refractivity contribution in [2.75, 3.05) is 12.3 Å². The highest BCUT2D eigenvalue weighted by molar-refractivity contribution is 5.53. The summed E-state index contributed by atoms with van der Waals surface area (Å²) in [5, 5.41) is 0. The van der Waals surface area contributed by atoms with Crippen LogP contribution in [0.3, 0.4) is 0 Å². The van der Waals surface area contributed by atoms with Crippen LogP contribution in [0.1, 0.15) is 49.4 Å². The average Bonchev–Trinajstić information content (AvgIpc) is 2.33. The van der Waals surface area contributed by atoms with E-state index in [-0.39, 0.29) is 0 Å². The highest BCUT2D eigenvalue weighted by Gasteiger charge is 2.05. The number of pyridine rings is 1. The molecule has 3 nitrogen and oxygen atoms in total. The van der Waals surface area contributed by atoms with Gasteiger partial charge in [-0.1, -0.05) is 26.2 Å². The maximum Gasteiger partial charge on any atom is 0.0891 e. The van der Waals surface area contributed by atoms with Gasteiger partial charge in [0.1, 0.15) is 0 Å². The van der Waals surface area contributed by atoms with Crippen LogP contribution in [0, 0.1) is 13.8 Å². The van der Waals surface area contributed by atoms with Gasteiger partial charge in [-0.3, -0.25) is 4.98 Å². The van der Waals surface area contributed by atoms with Crippen LogP contribution in [0.15, 0.2) is 6.20 Å². The third-order valence-electron chi connectivity index (χ3n) is 3.06. The van der Waals surface area contributed by atoms with Crippen LogP contribution in [-0.2, 0) is 11.3 Å². The normalized spacial score (nSPS) is 10.8. The van der Waals surface area contributed by atoms with Crippen molar-refractivity contribution in [1.29, 1.82) is 0 Å². The van der Waals surface area contributed by atoms with Gasteiger partial charge in [-0.15, -0.1) is 0 Å². The van der Waals surface area contributed by atoms with Crippen LogP contribution in [0.5, 0.6) is 0 Å². The molecule has 17 heavy (non-hydrogen) atoms. The van der Waals surface area contributed by atoms with Crippen LogP contribution < -0.4 is 5.73 Å². The second-order valence-corrected chi connectivity index (χ2v) is 4.54. The molecule has 1 aromatic rings. The van der Waals surface area contributed by atoms with Crippen LogP contribution >= 0.6 is 0 Å². The van der Waals surface area contributed by atoms with Crippen molar-refractivity contribution in [3.05, 3.63) is 23.0 Å². The fourth-order valence-electron chi connectivity index (χ4n) is 1.74. The summed E-state index contributed by atoms with van der Waals surface area (Å²) in [5.41, 5.74) is 9.85. The molecule has 0 atom stereocenters. The van der Waals surface area contributed by atoms with Gasteiger partial charge in [-0.25, -0.2) is 0 Å². The van der Waals surface area contributed by atoms with E-state index in [4.69, 9.17) is 10.5 Å². The Morgan fingerprint density at radius 1 is 1.24 bits per heavy atom. The first-order valence-electron chi connectivity index (χ1n) is 6.45. The van der Waals surface area contributed by atoms with E-state index in [1.54, 1.807) is 0 Å². The number of ether oxygens (including phenoxy) is 1. The monoisotopic (exact) mass is 236 g/mol. The summed E-state index contributed by atoms with van der Waals surface area (Å²) in [5.74, 6) is 0. The van der Waals surface area contributed by atoms with Crippen LogP contribution in [0.2, 0.25) is 0 Å². The Morgan fingerprint density at radius 2 is 2.00 bits per heavy atom. The Hall–Kier alpha value is -1.09. The summed E-state index contributed by atoms with van der Waals surface area (Å²) < 4.78 is 5.62. The number of hydrogen-bond acceptors (Lipinski definition) is 3. The minimum atomic E-state index is 0.572. The Morgan fingerprint density at radius 3 is 2.71 bits per heavy atom. The van der Waals surface area contributed by atoms with Gasteiger partial charge < -0.3 is 10.5 Å². The Balaban J connectivity index is 2.35. The third kappa shape index (κ3) is 4.35. The third-order valence-corrected chi connectivity index (χ3v) is 3.06. The average molecular weight is 236 g/mol. The molecular weight excluding hydrogens is 212 g/mol. The van der Waals surface area contributed by atoms with Crippen molar-refractivity contribution in [2.45, 2.75) is 53.1 Å². The maximum absolute atomic E-state index is 5.96. The lowest BCUT2D eigenvalue weighted by molar-refractivity contribution is 0.114. The molecule has 0 saturated carbocycles. The van der Waals surface area contributed by atoms with E-state index in [2.05, 4.69) is 11.9 Å². The van der Waals surface area contributed by atoms with Crippen molar-refractivity contribution in [2.24, 2.45) is 0 Å². The summed E-state index contributed by atoms with van der Waals surface area (Å²) in [6, 6.07) is 0. The zero-order chi connectivity index (χ0) is 12.7. The lowest BCUT2D eigenvalue weighted by atomic mass is 10.1. The quantitative estimate of drug-likeness (QED) is 0.738. The first-order chi connectivity index (χ1) is 8.16. The molecule has 2 N–H and O–H groups in total. The number of unbranched alkanes of at least 4 members (excludes halogenated alkanes) is 3. The molecule has 1 aromatic heterocycles. The van der Waals surface area contributed by atoms with Crippen molar-refractivity contribution in [1.82, 2.24) is 4.98 Å². The topological polar surface area (TPSA) is 48.1 Å². The van der Waals surface area contributed by atoms with E-state index in [1.807, 2.05) is 20.0 Å². The Kier molecular flexibility index (Phi) is 5.98. The van der Waals surface area contributed by atoms with Crippen LogP contribution in [0.25, 0.3) is 0 Å². The molecule has 0 saturated heterocycles. The molecule has 0 amide bonds. The molecule has 0 bridgehead atoms. The Bertz CT molecular complexity index is 350. The lowest BCUT2D eigenvalue weighted by Gasteiger charge is -2.10. The predicted octanol–water partition coefficient (Wildman–Crippen LogP) is 3.38. The molecule has 0 aromatic carbocycles. The number of nitrogens with two attached hydrogens (primary N) is 1. The highest BCUT2D eigenvalue weighted by atomic mass is 16.5. The zero-order valence-electron chi connectivity index (χ0n) is 11.3. The highest BCUT2D eigenvalue weighted by Crippen LogP contribution is 2.18. The fourth-order valence-corrected chi connectivity index (χ4v) is 1.74. The molecule has 1 heterocycles. The van der Waals surface area contributed by atoms with E-state index in [1.165, 1.54) is 19.3 Å². The van der Waals surface area contributed by atoms with E-state index in [9.17, 15) is 0 Å². The number of aromatic nitrogens is 1. The SMILES string of the molecule is CCCCCCOCc1ncc(C)c(N)c1C. The number of hydrogen-bond donors (Lipinski definition) is 1. The van der Waals surface area contributed by atoms with Gasteiger partial charge in [0.05, 0.1) is 12.3 Å². The van der Waals surface area contributed by atoms with Crippen molar-refractivity contribution >= 4 is 5.69 Å². The summed E-state index contributed by atoms with van der Waals surface area (Å²) >= 11 is 0. The van der Waals surface area contributed by atoms with Crippen molar-refractivity contribution in [3.63, 3.8) is 0 Å². The number of aryl methyl sites for hydroxylation is 1. The van der Waals surface area contributed by atoms with E-state index in [0.717, 1.165) is 35.5 Å². The first-order valence-corrected chi connectivity index (χ1v) is 6.45. The minimum Gasteiger partial charge on any atom is -0.398 e. The molecule has 0 spiro atoms. The second kappa shape index (κ2) is 7.28. The molecule has 96 valence electrons. The minimum absolute atomic E-state index is 0.572. The van der Waals surface area contributed by atoms with Gasteiger partial charge in [-0.05, 0) is 31.4 Å². The van der Waals surface area contributed by atoms with E-state index < -0.39 is 0 Å². The number of nitrogens with zero attached hydrogens (tertiary/aromatic N) is 1. The molecule has 0 unspecified atom stereocenters. The summed E-state index contributed by atoms with van der Waals surface area (Å²) in [6.07, 6.45) is 6.75. The van der Waals surface area contributed by atoms with Crippen LogP contribution in [0.4, 0.5) is 5.69 Å². The van der Waals surface area contributed by atoms with Gasteiger partial charge in [0, 0.05) is 18.5 Å². The maximum atomic E-state index is 5.96. The zero-order valence-corrected chi connectivity index (χ0v) is 11.3. The van der Waals surface area contributed by atoms with Gasteiger partial charge >= 0.3 is 0 Å². The summed E-state index contributed by atoms with van der Waals surface area (Å²) in [7, 11) is 0. The standard InChI is InChI=1S/C14H24N2O/c1-4-5-6-7-8-17-10-13-12(3)14(15)11(2)9-16-13/h9H,4-8,10H2,1-3H3,(H2,15,16).